The maximum absolute atomic E-state index is 14.4. The first-order chi connectivity index (χ1) is 15.7. The fourth-order valence-electron chi connectivity index (χ4n) is 4.91. The lowest BCUT2D eigenvalue weighted by molar-refractivity contribution is -0.181. The van der Waals surface area contributed by atoms with Gasteiger partial charge < -0.3 is 9.84 Å². The number of hydrogen-bond acceptors (Lipinski definition) is 7. The number of halogens is 4. The molecule has 0 aromatic carbocycles. The molecule has 0 bridgehead atoms. The van der Waals surface area contributed by atoms with Gasteiger partial charge in [0.2, 0.25) is 0 Å². The number of piperidine rings is 1. The number of thiophene rings is 1. The fourth-order valence-corrected chi connectivity index (χ4v) is 6.39. The number of likely N-dealkylation sites (N-methyl/N-ethyl adjacent to an activating group) is 1. The second kappa shape index (κ2) is 8.51. The Labute approximate surface area is 198 Å². The Morgan fingerprint density at radius 3 is 2.79 bits per heavy atom. The van der Waals surface area contributed by atoms with E-state index in [0.717, 1.165) is 5.57 Å². The second-order valence-corrected chi connectivity index (χ2v) is 10.4. The summed E-state index contributed by atoms with van der Waals surface area (Å²) in [7, 11) is 1.78. The van der Waals surface area contributed by atoms with Crippen LogP contribution in [0.5, 0.6) is 0 Å². The van der Waals surface area contributed by atoms with Gasteiger partial charge in [0, 0.05) is 49.5 Å². The number of hydrogen-bond donors (Lipinski definition) is 1. The molecule has 1 spiro atoms. The highest BCUT2D eigenvalue weighted by atomic mass is 35.5. The Morgan fingerprint density at radius 2 is 2.09 bits per heavy atom. The number of pyridine rings is 1. The third-order valence-electron chi connectivity index (χ3n) is 6.75. The lowest BCUT2D eigenvalue weighted by atomic mass is 9.84. The second-order valence-electron chi connectivity index (χ2n) is 8.69. The quantitative estimate of drug-likeness (QED) is 0.686. The van der Waals surface area contributed by atoms with Gasteiger partial charge in [-0.1, -0.05) is 11.6 Å². The molecule has 1 saturated heterocycles. The fraction of sp³-hybridized carbons (Fsp3) is 0.500. The molecule has 0 saturated carbocycles. The number of nitrogens with zero attached hydrogens (tertiary/aromatic N) is 4. The van der Waals surface area contributed by atoms with Crippen LogP contribution in [0.4, 0.5) is 19.0 Å². The zero-order valence-electron chi connectivity index (χ0n) is 18.0. The zero-order valence-corrected chi connectivity index (χ0v) is 19.6. The molecule has 1 N–H and O–H groups in total. The smallest absolute Gasteiger partial charge is 0.297 e. The SMILES string of the molecule is CN1C(CO)C(CN2CCC3(CC2)OCC(F)(F)c2cc(Cl)sc23)=CN1c1ncccc1F. The first kappa shape index (κ1) is 23.1. The lowest BCUT2D eigenvalue weighted by Crippen LogP contribution is -2.49. The largest absolute Gasteiger partial charge is 0.394 e. The van der Waals surface area contributed by atoms with E-state index in [-0.39, 0.29) is 24.0 Å². The van der Waals surface area contributed by atoms with Crippen LogP contribution in [-0.4, -0.2) is 65.9 Å². The molecule has 3 aliphatic rings. The number of likely N-dealkylation sites (tertiary alicyclic amines) is 1. The van der Waals surface area contributed by atoms with Crippen molar-refractivity contribution in [2.45, 2.75) is 30.4 Å². The first-order valence-electron chi connectivity index (χ1n) is 10.7. The van der Waals surface area contributed by atoms with Gasteiger partial charge in [-0.05, 0) is 36.6 Å². The highest BCUT2D eigenvalue weighted by Gasteiger charge is 2.51. The minimum atomic E-state index is -3.03. The molecule has 2 aromatic heterocycles. The predicted molar refractivity (Wildman–Crippen MR) is 120 cm³/mol. The maximum Gasteiger partial charge on any atom is 0.297 e. The van der Waals surface area contributed by atoms with Gasteiger partial charge in [-0.2, -0.15) is 8.78 Å². The maximum atomic E-state index is 14.4. The number of ether oxygens (including phenoxy) is 1. The zero-order chi connectivity index (χ0) is 23.4. The van der Waals surface area contributed by atoms with E-state index in [1.165, 1.54) is 35.7 Å². The van der Waals surface area contributed by atoms with Gasteiger partial charge in [-0.15, -0.1) is 11.3 Å². The summed E-state index contributed by atoms with van der Waals surface area (Å²) in [4.78, 5) is 6.88. The molecule has 33 heavy (non-hydrogen) atoms. The average molecular weight is 501 g/mol. The number of aliphatic hydroxyl groups excluding tert-OH is 1. The monoisotopic (exact) mass is 500 g/mol. The van der Waals surface area contributed by atoms with Gasteiger partial charge in [-0.25, -0.2) is 14.4 Å². The highest BCUT2D eigenvalue weighted by molar-refractivity contribution is 7.16. The number of fused-ring (bicyclic) bond motifs is 2. The lowest BCUT2D eigenvalue weighted by Gasteiger charge is -2.45. The minimum Gasteiger partial charge on any atom is -0.394 e. The summed E-state index contributed by atoms with van der Waals surface area (Å²) in [5, 5.41) is 13.4. The third-order valence-corrected chi connectivity index (χ3v) is 8.20. The molecule has 0 amide bonds. The van der Waals surface area contributed by atoms with Gasteiger partial charge >= 0.3 is 0 Å². The molecule has 3 aliphatic heterocycles. The van der Waals surface area contributed by atoms with Crippen LogP contribution in [0.25, 0.3) is 0 Å². The topological polar surface area (TPSA) is 52.1 Å². The summed E-state index contributed by atoms with van der Waals surface area (Å²) in [5.74, 6) is -3.31. The van der Waals surface area contributed by atoms with E-state index in [4.69, 9.17) is 16.3 Å². The Balaban J connectivity index is 1.32. The summed E-state index contributed by atoms with van der Waals surface area (Å²) in [6, 6.07) is 3.93. The normalized spacial score (nSPS) is 24.8. The van der Waals surface area contributed by atoms with E-state index in [1.54, 1.807) is 17.1 Å². The molecule has 178 valence electrons. The van der Waals surface area contributed by atoms with Gasteiger partial charge in [0.1, 0.15) is 12.2 Å². The van der Waals surface area contributed by atoms with Crippen LogP contribution in [0.3, 0.4) is 0 Å². The van der Waals surface area contributed by atoms with Crippen LogP contribution in [0.15, 0.2) is 36.2 Å². The van der Waals surface area contributed by atoms with E-state index in [2.05, 4.69) is 9.88 Å². The van der Waals surface area contributed by atoms with E-state index < -0.39 is 23.9 Å². The van der Waals surface area contributed by atoms with Crippen molar-refractivity contribution in [2.24, 2.45) is 0 Å². The van der Waals surface area contributed by atoms with Gasteiger partial charge in [-0.3, -0.25) is 9.91 Å². The van der Waals surface area contributed by atoms with Gasteiger partial charge in [0.05, 0.1) is 17.0 Å². The number of rotatable bonds is 4. The standard InChI is InChI=1S/C22H24ClF3N4O2S/c1-28-17(12-31)14(11-30(28)20-16(24)3-2-6-27-20)10-29-7-4-21(5-8-29)19-15(9-18(23)33-19)22(25,26)13-32-21/h2-3,6,9,11,17,31H,4-5,7-8,10,12-13H2,1H3. The van der Waals surface area contributed by atoms with Crippen molar-refractivity contribution in [3.8, 4) is 0 Å². The Kier molecular flexibility index (Phi) is 5.95. The molecule has 1 atom stereocenters. The predicted octanol–water partition coefficient (Wildman–Crippen LogP) is 3.96. The van der Waals surface area contributed by atoms with E-state index in [0.29, 0.717) is 41.7 Å². The summed E-state index contributed by atoms with van der Waals surface area (Å²) in [6.45, 7) is 1.07. The van der Waals surface area contributed by atoms with E-state index in [9.17, 15) is 18.3 Å². The molecule has 6 nitrogen and oxygen atoms in total. The van der Waals surface area contributed by atoms with Crippen molar-refractivity contribution in [3.63, 3.8) is 0 Å². The highest BCUT2D eigenvalue weighted by Crippen LogP contribution is 2.52. The average Bonchev–Trinajstić information content (AvgIpc) is 3.34. The van der Waals surface area contributed by atoms with Crippen LogP contribution in [0.1, 0.15) is 23.3 Å². The van der Waals surface area contributed by atoms with Crippen molar-refractivity contribution in [3.05, 3.63) is 56.8 Å². The van der Waals surface area contributed by atoms with Crippen LogP contribution < -0.4 is 5.01 Å². The van der Waals surface area contributed by atoms with Crippen molar-refractivity contribution in [1.82, 2.24) is 14.9 Å². The molecule has 0 aliphatic carbocycles. The number of aliphatic hydroxyl groups is 1. The van der Waals surface area contributed by atoms with Crippen molar-refractivity contribution < 1.29 is 23.0 Å². The van der Waals surface area contributed by atoms with E-state index in [1.807, 2.05) is 6.20 Å². The Morgan fingerprint density at radius 1 is 1.33 bits per heavy atom. The van der Waals surface area contributed by atoms with Crippen LogP contribution in [-0.2, 0) is 16.3 Å². The summed E-state index contributed by atoms with van der Waals surface area (Å²) < 4.78 is 49.1. The Bertz CT molecular complexity index is 1070. The number of anilines is 1. The van der Waals surface area contributed by atoms with Crippen molar-refractivity contribution in [1.29, 1.82) is 0 Å². The summed E-state index contributed by atoms with van der Waals surface area (Å²) >= 11 is 7.27. The number of aromatic nitrogens is 1. The van der Waals surface area contributed by atoms with Crippen molar-refractivity contribution >= 4 is 28.8 Å². The number of alkyl halides is 2. The molecular weight excluding hydrogens is 477 g/mol. The molecule has 5 heterocycles. The third kappa shape index (κ3) is 3.96. The Hall–Kier alpha value is -1.69. The van der Waals surface area contributed by atoms with E-state index >= 15 is 0 Å². The minimum absolute atomic E-state index is 0.00861. The van der Waals surface area contributed by atoms with Crippen LogP contribution >= 0.6 is 22.9 Å². The molecule has 1 fully saturated rings. The molecule has 0 radical (unpaired) electrons. The van der Waals surface area contributed by atoms with Crippen LogP contribution in [0.2, 0.25) is 4.34 Å². The molecule has 5 rings (SSSR count). The van der Waals surface area contributed by atoms with Crippen molar-refractivity contribution in [2.75, 3.05) is 44.9 Å². The summed E-state index contributed by atoms with van der Waals surface area (Å²) in [6.07, 6.45) is 4.47. The number of hydrazine groups is 1. The summed E-state index contributed by atoms with van der Waals surface area (Å²) in [5.41, 5.74) is 0.175. The van der Waals surface area contributed by atoms with Gasteiger partial charge in [0.25, 0.3) is 5.92 Å². The van der Waals surface area contributed by atoms with Gasteiger partial charge in [0.15, 0.2) is 11.6 Å². The molecule has 11 heteroatoms. The molecular formula is C22H24ClF3N4O2S. The van der Waals surface area contributed by atoms with Crippen LogP contribution in [0, 0.1) is 5.82 Å². The first-order valence-corrected chi connectivity index (χ1v) is 11.9. The molecule has 2 aromatic rings. The molecule has 1 unspecified atom stereocenters.